The molecule has 0 unspecified atom stereocenters. The predicted octanol–water partition coefficient (Wildman–Crippen LogP) is 2.87. The van der Waals surface area contributed by atoms with Gasteiger partial charge in [0, 0.05) is 0 Å². The van der Waals surface area contributed by atoms with Crippen LogP contribution in [0.4, 0.5) is 0 Å². The normalized spacial score (nSPS) is 10.7. The van der Waals surface area contributed by atoms with Crippen molar-refractivity contribution in [1.29, 1.82) is 0 Å². The Bertz CT molecular complexity index is 638. The fourth-order valence-corrected chi connectivity index (χ4v) is 2.49. The summed E-state index contributed by atoms with van der Waals surface area (Å²) in [6.07, 6.45) is 1.45. The molecule has 0 fully saturated rings. The fraction of sp³-hybridized carbons (Fsp3) is 0.158. The molecule has 0 heterocycles. The summed E-state index contributed by atoms with van der Waals surface area (Å²) >= 11 is 0. The van der Waals surface area contributed by atoms with E-state index >= 15 is 0 Å². The molecule has 118 valence electrons. The van der Waals surface area contributed by atoms with E-state index in [1.165, 1.54) is 13.2 Å². The van der Waals surface area contributed by atoms with Gasteiger partial charge in [0.25, 0.3) is 0 Å². The monoisotopic (exact) mass is 310 g/mol. The Morgan fingerprint density at radius 2 is 1.43 bits per heavy atom. The molecule has 2 aromatic carbocycles. The van der Waals surface area contributed by atoms with E-state index in [2.05, 4.69) is 6.58 Å². The molecular formula is C19H18O4. The fourth-order valence-electron chi connectivity index (χ4n) is 2.49. The van der Waals surface area contributed by atoms with Crippen molar-refractivity contribution in [3.8, 4) is 0 Å². The summed E-state index contributed by atoms with van der Waals surface area (Å²) in [6.45, 7) is 3.54. The lowest BCUT2D eigenvalue weighted by atomic mass is 9.74. The summed E-state index contributed by atoms with van der Waals surface area (Å²) in [5, 5.41) is 0. The van der Waals surface area contributed by atoms with Crippen molar-refractivity contribution >= 4 is 11.9 Å². The molecule has 0 saturated heterocycles. The molecule has 0 aliphatic rings. The Morgan fingerprint density at radius 1 is 0.957 bits per heavy atom. The number of carbonyl (C=O) groups excluding carboxylic acids is 2. The van der Waals surface area contributed by atoms with Gasteiger partial charge in [0.2, 0.25) is 5.41 Å². The van der Waals surface area contributed by atoms with Gasteiger partial charge in [0.15, 0.2) is 0 Å². The number of ether oxygens (including phenoxy) is 2. The number of esters is 2. The summed E-state index contributed by atoms with van der Waals surface area (Å²) in [5.41, 5.74) is -0.681. The van der Waals surface area contributed by atoms with Gasteiger partial charge in [0.1, 0.15) is 6.61 Å². The third-order valence-electron chi connectivity index (χ3n) is 3.54. The third kappa shape index (κ3) is 3.01. The first-order valence-corrected chi connectivity index (χ1v) is 7.15. The van der Waals surface area contributed by atoms with E-state index in [0.29, 0.717) is 11.1 Å². The molecule has 0 spiro atoms. The minimum absolute atomic E-state index is 0.0112. The summed E-state index contributed by atoms with van der Waals surface area (Å²) in [6, 6.07) is 17.5. The van der Waals surface area contributed by atoms with E-state index in [0.717, 1.165) is 0 Å². The van der Waals surface area contributed by atoms with Crippen molar-refractivity contribution in [2.45, 2.75) is 5.41 Å². The Balaban J connectivity index is 2.71. The second-order valence-corrected chi connectivity index (χ2v) is 4.86. The highest BCUT2D eigenvalue weighted by Crippen LogP contribution is 2.35. The van der Waals surface area contributed by atoms with E-state index in [-0.39, 0.29) is 6.61 Å². The van der Waals surface area contributed by atoms with Gasteiger partial charge < -0.3 is 9.47 Å². The van der Waals surface area contributed by atoms with Crippen LogP contribution in [0.25, 0.3) is 0 Å². The maximum absolute atomic E-state index is 12.9. The zero-order chi connectivity index (χ0) is 16.7. The number of methoxy groups -OCH3 is 1. The largest absolute Gasteiger partial charge is 0.468 e. The minimum atomic E-state index is -1.67. The molecule has 0 aromatic heterocycles. The summed E-state index contributed by atoms with van der Waals surface area (Å²) in [7, 11) is 1.25. The van der Waals surface area contributed by atoms with Crippen LogP contribution in [0.2, 0.25) is 0 Å². The summed E-state index contributed by atoms with van der Waals surface area (Å²) in [4.78, 5) is 25.5. The van der Waals surface area contributed by atoms with Crippen molar-refractivity contribution in [2.75, 3.05) is 13.7 Å². The number of hydrogen-bond acceptors (Lipinski definition) is 4. The zero-order valence-electron chi connectivity index (χ0n) is 12.9. The molecule has 2 rings (SSSR count). The highest BCUT2D eigenvalue weighted by molar-refractivity contribution is 6.10. The van der Waals surface area contributed by atoms with Gasteiger partial charge in [-0.25, -0.2) is 0 Å². The second-order valence-electron chi connectivity index (χ2n) is 4.86. The first kappa shape index (κ1) is 16.5. The van der Waals surface area contributed by atoms with Crippen LogP contribution in [0.5, 0.6) is 0 Å². The molecule has 0 amide bonds. The van der Waals surface area contributed by atoms with E-state index < -0.39 is 17.4 Å². The number of hydrogen-bond donors (Lipinski definition) is 0. The number of benzene rings is 2. The maximum Gasteiger partial charge on any atom is 0.333 e. The van der Waals surface area contributed by atoms with Gasteiger partial charge in [-0.1, -0.05) is 73.3 Å². The molecule has 0 N–H and O–H groups in total. The molecule has 0 saturated carbocycles. The lowest BCUT2D eigenvalue weighted by Crippen LogP contribution is -2.46. The van der Waals surface area contributed by atoms with Crippen LogP contribution in [0.15, 0.2) is 73.3 Å². The molecular weight excluding hydrogens is 292 g/mol. The Hall–Kier alpha value is -2.88. The molecule has 4 nitrogen and oxygen atoms in total. The molecule has 0 atom stereocenters. The zero-order valence-corrected chi connectivity index (χ0v) is 12.9. The first-order valence-electron chi connectivity index (χ1n) is 7.15. The smallest absolute Gasteiger partial charge is 0.333 e. The quantitative estimate of drug-likeness (QED) is 0.468. The molecule has 0 radical (unpaired) electrons. The lowest BCUT2D eigenvalue weighted by molar-refractivity contribution is -0.160. The highest BCUT2D eigenvalue weighted by atomic mass is 16.6. The maximum atomic E-state index is 12.9. The Labute approximate surface area is 135 Å². The molecule has 0 aliphatic carbocycles. The van der Waals surface area contributed by atoms with Crippen LogP contribution < -0.4 is 0 Å². The van der Waals surface area contributed by atoms with Crippen molar-refractivity contribution in [2.24, 2.45) is 0 Å². The molecule has 0 bridgehead atoms. The molecule has 2 aromatic rings. The average molecular weight is 310 g/mol. The van der Waals surface area contributed by atoms with Crippen LogP contribution in [0.1, 0.15) is 11.1 Å². The lowest BCUT2D eigenvalue weighted by Gasteiger charge is -2.29. The van der Waals surface area contributed by atoms with Gasteiger partial charge in [-0.05, 0) is 11.1 Å². The summed E-state index contributed by atoms with van der Waals surface area (Å²) < 4.78 is 10.2. The Kier molecular flexibility index (Phi) is 5.31. The molecule has 4 heteroatoms. The average Bonchev–Trinajstić information content (AvgIpc) is 2.62. The van der Waals surface area contributed by atoms with Crippen molar-refractivity contribution in [3.05, 3.63) is 84.4 Å². The molecule has 0 aliphatic heterocycles. The first-order chi connectivity index (χ1) is 11.2. The summed E-state index contributed by atoms with van der Waals surface area (Å²) in [5.74, 6) is -1.38. The topological polar surface area (TPSA) is 52.6 Å². The van der Waals surface area contributed by atoms with Crippen molar-refractivity contribution in [1.82, 2.24) is 0 Å². The second kappa shape index (κ2) is 7.40. The van der Waals surface area contributed by atoms with E-state index in [4.69, 9.17) is 9.47 Å². The molecule has 23 heavy (non-hydrogen) atoms. The van der Waals surface area contributed by atoms with E-state index in [1.807, 2.05) is 12.1 Å². The van der Waals surface area contributed by atoms with Gasteiger partial charge in [-0.15, -0.1) is 0 Å². The van der Waals surface area contributed by atoms with Crippen LogP contribution in [0, 0.1) is 0 Å². The van der Waals surface area contributed by atoms with E-state index in [9.17, 15) is 9.59 Å². The van der Waals surface area contributed by atoms with Gasteiger partial charge in [-0.2, -0.15) is 0 Å². The minimum Gasteiger partial charge on any atom is -0.468 e. The SMILES string of the molecule is C=CCOC(=O)C(C(=O)OC)(c1ccccc1)c1ccccc1. The van der Waals surface area contributed by atoms with Crippen LogP contribution >= 0.6 is 0 Å². The van der Waals surface area contributed by atoms with Crippen LogP contribution in [-0.2, 0) is 24.5 Å². The predicted molar refractivity (Wildman–Crippen MR) is 86.8 cm³/mol. The van der Waals surface area contributed by atoms with Gasteiger partial charge in [0.05, 0.1) is 7.11 Å². The Morgan fingerprint density at radius 3 is 1.83 bits per heavy atom. The van der Waals surface area contributed by atoms with Crippen molar-refractivity contribution in [3.63, 3.8) is 0 Å². The number of carbonyl (C=O) groups is 2. The van der Waals surface area contributed by atoms with Crippen LogP contribution in [0.3, 0.4) is 0 Å². The third-order valence-corrected chi connectivity index (χ3v) is 3.54. The van der Waals surface area contributed by atoms with Crippen molar-refractivity contribution < 1.29 is 19.1 Å². The van der Waals surface area contributed by atoms with Gasteiger partial charge in [-0.3, -0.25) is 9.59 Å². The highest BCUT2D eigenvalue weighted by Gasteiger charge is 2.51. The number of rotatable bonds is 6. The van der Waals surface area contributed by atoms with Crippen LogP contribution in [-0.4, -0.2) is 25.7 Å². The van der Waals surface area contributed by atoms with E-state index in [1.54, 1.807) is 48.5 Å². The van der Waals surface area contributed by atoms with Gasteiger partial charge >= 0.3 is 11.9 Å². The standard InChI is InChI=1S/C19H18O4/c1-3-14-23-18(21)19(17(20)22-2,15-10-6-4-7-11-15)16-12-8-5-9-13-16/h3-13H,1,14H2,2H3.